The number of ether oxygens (including phenoxy) is 2. The summed E-state index contributed by atoms with van der Waals surface area (Å²) < 4.78 is 25.5. The Morgan fingerprint density at radius 2 is 1.68 bits per heavy atom. The first kappa shape index (κ1) is 21.1. The van der Waals surface area contributed by atoms with Gasteiger partial charge in [0.25, 0.3) is 0 Å². The number of benzene rings is 2. The van der Waals surface area contributed by atoms with Crippen molar-refractivity contribution in [2.45, 2.75) is 64.1 Å². The van der Waals surface area contributed by atoms with E-state index < -0.39 is 0 Å². The van der Waals surface area contributed by atoms with Gasteiger partial charge in [-0.3, -0.25) is 0 Å². The molecule has 3 rings (SSSR count). The summed E-state index contributed by atoms with van der Waals surface area (Å²) in [6.45, 7) is 1.17. The summed E-state index contributed by atoms with van der Waals surface area (Å²) in [5.74, 6) is 1.14. The Balaban J connectivity index is 1.62. The van der Waals surface area contributed by atoms with Gasteiger partial charge in [0.1, 0.15) is 12.4 Å². The molecule has 1 aliphatic carbocycles. The minimum absolute atomic E-state index is 0.245. The highest BCUT2D eigenvalue weighted by Crippen LogP contribution is 2.34. The second kappa shape index (κ2) is 10.8. The Hall–Kier alpha value is -1.59. The van der Waals surface area contributed by atoms with Crippen molar-refractivity contribution in [3.05, 3.63) is 57.8 Å². The predicted molar refractivity (Wildman–Crippen MR) is 114 cm³/mol. The lowest BCUT2D eigenvalue weighted by Gasteiger charge is -2.22. The molecule has 0 radical (unpaired) electrons. The third-order valence-electron chi connectivity index (χ3n) is 5.33. The van der Waals surface area contributed by atoms with E-state index >= 15 is 0 Å². The van der Waals surface area contributed by atoms with Crippen LogP contribution in [0, 0.1) is 5.82 Å². The van der Waals surface area contributed by atoms with Crippen LogP contribution < -0.4 is 14.8 Å². The number of hydrogen-bond acceptors (Lipinski definition) is 3. The Morgan fingerprint density at radius 3 is 2.36 bits per heavy atom. The van der Waals surface area contributed by atoms with Crippen molar-refractivity contribution in [1.29, 1.82) is 0 Å². The van der Waals surface area contributed by atoms with E-state index in [0.29, 0.717) is 24.1 Å². The van der Waals surface area contributed by atoms with Crippen molar-refractivity contribution >= 4 is 15.9 Å². The van der Waals surface area contributed by atoms with Gasteiger partial charge in [-0.2, -0.15) is 0 Å². The molecule has 152 valence electrons. The van der Waals surface area contributed by atoms with Gasteiger partial charge >= 0.3 is 0 Å². The molecular weight excluding hydrogens is 421 g/mol. The third-order valence-corrected chi connectivity index (χ3v) is 6.06. The number of hydrogen-bond donors (Lipinski definition) is 1. The van der Waals surface area contributed by atoms with E-state index in [9.17, 15) is 4.39 Å². The molecule has 3 nitrogen and oxygen atoms in total. The number of methoxy groups -OCH3 is 1. The van der Waals surface area contributed by atoms with Gasteiger partial charge in [0, 0.05) is 17.1 Å². The fraction of sp³-hybridized carbons (Fsp3) is 0.478. The zero-order chi connectivity index (χ0) is 19.8. The lowest BCUT2D eigenvalue weighted by molar-refractivity contribution is 0.284. The van der Waals surface area contributed by atoms with Crippen LogP contribution >= 0.6 is 15.9 Å². The number of halogens is 2. The van der Waals surface area contributed by atoms with Gasteiger partial charge in [-0.15, -0.1) is 0 Å². The largest absolute Gasteiger partial charge is 0.493 e. The highest BCUT2D eigenvalue weighted by atomic mass is 79.9. The SMILES string of the molecule is COc1cc(CNC2CCCCCCC2)c(Br)cc1OCc1ccc(F)cc1. The van der Waals surface area contributed by atoms with Crippen LogP contribution in [0.2, 0.25) is 0 Å². The van der Waals surface area contributed by atoms with Crippen molar-refractivity contribution in [2.24, 2.45) is 0 Å². The number of rotatable bonds is 7. The molecule has 1 saturated carbocycles. The maximum absolute atomic E-state index is 13.0. The fourth-order valence-corrected chi connectivity index (χ4v) is 4.10. The topological polar surface area (TPSA) is 30.5 Å². The zero-order valence-electron chi connectivity index (χ0n) is 16.5. The van der Waals surface area contributed by atoms with Crippen LogP contribution in [0.15, 0.2) is 40.9 Å². The predicted octanol–water partition coefficient (Wildman–Crippen LogP) is 6.38. The first-order chi connectivity index (χ1) is 13.7. The molecule has 5 heteroatoms. The second-order valence-electron chi connectivity index (χ2n) is 7.43. The molecule has 0 spiro atoms. The van der Waals surface area contributed by atoms with Crippen molar-refractivity contribution in [2.75, 3.05) is 7.11 Å². The molecule has 28 heavy (non-hydrogen) atoms. The Morgan fingerprint density at radius 1 is 1.00 bits per heavy atom. The highest BCUT2D eigenvalue weighted by molar-refractivity contribution is 9.10. The second-order valence-corrected chi connectivity index (χ2v) is 8.29. The summed E-state index contributed by atoms with van der Waals surface area (Å²) in [5, 5.41) is 3.72. The van der Waals surface area contributed by atoms with E-state index in [-0.39, 0.29) is 5.82 Å². The summed E-state index contributed by atoms with van der Waals surface area (Å²) >= 11 is 3.67. The molecule has 0 heterocycles. The van der Waals surface area contributed by atoms with Gasteiger partial charge in [0.05, 0.1) is 7.11 Å². The monoisotopic (exact) mass is 449 g/mol. The van der Waals surface area contributed by atoms with Crippen molar-refractivity contribution in [1.82, 2.24) is 5.32 Å². The Bertz CT molecular complexity index is 743. The van der Waals surface area contributed by atoms with Crippen molar-refractivity contribution in [3.63, 3.8) is 0 Å². The maximum Gasteiger partial charge on any atom is 0.162 e. The first-order valence-corrected chi connectivity index (χ1v) is 10.9. The van der Waals surface area contributed by atoms with Gasteiger partial charge in [-0.25, -0.2) is 4.39 Å². The molecule has 2 aromatic carbocycles. The molecular formula is C23H29BrFNO2. The highest BCUT2D eigenvalue weighted by Gasteiger charge is 2.14. The van der Waals surface area contributed by atoms with Gasteiger partial charge in [-0.05, 0) is 48.2 Å². The third kappa shape index (κ3) is 6.21. The van der Waals surface area contributed by atoms with Crippen LogP contribution in [0.25, 0.3) is 0 Å². The molecule has 0 saturated heterocycles. The summed E-state index contributed by atoms with van der Waals surface area (Å²) in [4.78, 5) is 0. The van der Waals surface area contributed by atoms with Gasteiger partial charge in [0.2, 0.25) is 0 Å². The summed E-state index contributed by atoms with van der Waals surface area (Å²) in [5.41, 5.74) is 2.07. The lowest BCUT2D eigenvalue weighted by Crippen LogP contribution is -2.29. The zero-order valence-corrected chi connectivity index (χ0v) is 18.1. The van der Waals surface area contributed by atoms with E-state index in [4.69, 9.17) is 9.47 Å². The molecule has 0 aliphatic heterocycles. The van der Waals surface area contributed by atoms with Gasteiger partial charge in [-0.1, -0.05) is 60.2 Å². The fourth-order valence-electron chi connectivity index (χ4n) is 3.64. The Labute approximate surface area is 175 Å². The molecule has 0 bridgehead atoms. The summed E-state index contributed by atoms with van der Waals surface area (Å²) in [6.07, 6.45) is 9.25. The molecule has 0 aromatic heterocycles. The minimum atomic E-state index is -0.245. The van der Waals surface area contributed by atoms with E-state index in [2.05, 4.69) is 21.2 Å². The quantitative estimate of drug-likeness (QED) is 0.531. The van der Waals surface area contributed by atoms with Crippen LogP contribution in [-0.4, -0.2) is 13.2 Å². The van der Waals surface area contributed by atoms with Crippen LogP contribution in [0.4, 0.5) is 4.39 Å². The molecule has 2 aromatic rings. The minimum Gasteiger partial charge on any atom is -0.493 e. The molecule has 0 unspecified atom stereocenters. The molecule has 1 aliphatic rings. The van der Waals surface area contributed by atoms with Crippen LogP contribution in [-0.2, 0) is 13.2 Å². The molecule has 1 N–H and O–H groups in total. The van der Waals surface area contributed by atoms with Crippen LogP contribution in [0.3, 0.4) is 0 Å². The molecule has 0 atom stereocenters. The van der Waals surface area contributed by atoms with E-state index in [0.717, 1.165) is 22.1 Å². The van der Waals surface area contributed by atoms with Crippen LogP contribution in [0.1, 0.15) is 56.1 Å². The van der Waals surface area contributed by atoms with Crippen molar-refractivity contribution in [3.8, 4) is 11.5 Å². The lowest BCUT2D eigenvalue weighted by atomic mass is 9.96. The Kier molecular flexibility index (Phi) is 8.16. The van der Waals surface area contributed by atoms with E-state index in [1.165, 1.54) is 57.1 Å². The average Bonchev–Trinajstić information content (AvgIpc) is 2.67. The summed E-state index contributed by atoms with van der Waals surface area (Å²) in [6, 6.07) is 10.9. The first-order valence-electron chi connectivity index (χ1n) is 10.1. The summed E-state index contributed by atoms with van der Waals surface area (Å²) in [7, 11) is 1.65. The van der Waals surface area contributed by atoms with Crippen molar-refractivity contribution < 1.29 is 13.9 Å². The van der Waals surface area contributed by atoms with E-state index in [1.807, 2.05) is 12.1 Å². The van der Waals surface area contributed by atoms with Gasteiger partial charge < -0.3 is 14.8 Å². The normalized spacial score (nSPS) is 15.7. The standard InChI is InChI=1S/C23H29BrFNO2/c1-27-22-13-18(15-26-20-7-5-3-2-4-6-8-20)21(24)14-23(22)28-16-17-9-11-19(25)12-10-17/h9-14,20,26H,2-8,15-16H2,1H3. The van der Waals surface area contributed by atoms with E-state index in [1.54, 1.807) is 19.2 Å². The van der Waals surface area contributed by atoms with Crippen LogP contribution in [0.5, 0.6) is 11.5 Å². The van der Waals surface area contributed by atoms with Gasteiger partial charge in [0.15, 0.2) is 11.5 Å². The maximum atomic E-state index is 13.0. The smallest absolute Gasteiger partial charge is 0.162 e. The molecule has 1 fully saturated rings. The molecule has 0 amide bonds. The average molecular weight is 450 g/mol. The number of nitrogens with one attached hydrogen (secondary N) is 1.